The van der Waals surface area contributed by atoms with Gasteiger partial charge in [0.15, 0.2) is 5.82 Å². The molecule has 1 aromatic heterocycles. The van der Waals surface area contributed by atoms with E-state index in [1.807, 2.05) is 47.0 Å². The summed E-state index contributed by atoms with van der Waals surface area (Å²) in [4.78, 5) is 12.4. The molecule has 1 amide bonds. The van der Waals surface area contributed by atoms with E-state index >= 15 is 0 Å². The predicted octanol–water partition coefficient (Wildman–Crippen LogP) is 3.39. The minimum Gasteiger partial charge on any atom is -0.491 e. The summed E-state index contributed by atoms with van der Waals surface area (Å²) in [6, 6.07) is 13.7. The number of anilines is 2. The van der Waals surface area contributed by atoms with Crippen molar-refractivity contribution in [2.45, 2.75) is 19.9 Å². The zero-order chi connectivity index (χ0) is 18.8. The summed E-state index contributed by atoms with van der Waals surface area (Å²) in [6.07, 6.45) is 1.73. The lowest BCUT2D eigenvalue weighted by Gasteiger charge is -2.14. The highest BCUT2D eigenvalue weighted by atomic mass is 16.5. The number of carbonyl (C=O) groups excluding carboxylic acids is 1. The van der Waals surface area contributed by atoms with Gasteiger partial charge in [-0.15, -0.1) is 10.2 Å². The Bertz CT molecular complexity index is 980. The van der Waals surface area contributed by atoms with Crippen molar-refractivity contribution in [3.63, 3.8) is 0 Å². The van der Waals surface area contributed by atoms with Gasteiger partial charge in [0.25, 0.3) is 5.91 Å². The fraction of sp³-hybridized carbons (Fsp3) is 0.250. The van der Waals surface area contributed by atoms with Gasteiger partial charge in [-0.05, 0) is 38.1 Å². The molecule has 7 nitrogen and oxygen atoms in total. The van der Waals surface area contributed by atoms with Gasteiger partial charge in [-0.25, -0.2) is 0 Å². The first-order chi connectivity index (χ1) is 13.1. The molecule has 2 N–H and O–H groups in total. The van der Waals surface area contributed by atoms with Crippen LogP contribution in [0.15, 0.2) is 48.8 Å². The number of amides is 1. The molecular formula is C20H21N5O2. The van der Waals surface area contributed by atoms with Gasteiger partial charge >= 0.3 is 0 Å². The van der Waals surface area contributed by atoms with Crippen LogP contribution in [0.25, 0.3) is 11.4 Å². The van der Waals surface area contributed by atoms with Crippen molar-refractivity contribution >= 4 is 17.3 Å². The van der Waals surface area contributed by atoms with Crippen LogP contribution in [0.1, 0.15) is 30.2 Å². The van der Waals surface area contributed by atoms with Crippen LogP contribution in [0.5, 0.6) is 5.75 Å². The molecule has 0 saturated heterocycles. The fourth-order valence-electron chi connectivity index (χ4n) is 3.12. The Kier molecular flexibility index (Phi) is 4.50. The number of fused-ring (bicyclic) bond motifs is 1. The normalized spacial score (nSPS) is 13.5. The van der Waals surface area contributed by atoms with Gasteiger partial charge in [0.2, 0.25) is 0 Å². The highest BCUT2D eigenvalue weighted by molar-refractivity contribution is 6.03. The lowest BCUT2D eigenvalue weighted by molar-refractivity contribution is 0.0958. The van der Waals surface area contributed by atoms with E-state index in [2.05, 4.69) is 34.7 Å². The van der Waals surface area contributed by atoms with Crippen LogP contribution >= 0.6 is 0 Å². The first kappa shape index (κ1) is 17.1. The number of rotatable bonds is 4. The number of nitrogens with zero attached hydrogens (tertiary/aromatic N) is 3. The number of hydrogen-bond donors (Lipinski definition) is 2. The van der Waals surface area contributed by atoms with Crippen molar-refractivity contribution in [1.82, 2.24) is 20.1 Å². The van der Waals surface area contributed by atoms with E-state index in [0.29, 0.717) is 30.2 Å². The van der Waals surface area contributed by atoms with Crippen LogP contribution in [0.2, 0.25) is 0 Å². The van der Waals surface area contributed by atoms with Gasteiger partial charge in [0, 0.05) is 17.3 Å². The third-order valence-electron chi connectivity index (χ3n) is 4.43. The second-order valence-corrected chi connectivity index (χ2v) is 6.64. The maximum Gasteiger partial charge on any atom is 0.257 e. The Morgan fingerprint density at radius 1 is 1.22 bits per heavy atom. The van der Waals surface area contributed by atoms with Crippen molar-refractivity contribution in [3.8, 4) is 17.1 Å². The molecule has 0 unspecified atom stereocenters. The van der Waals surface area contributed by atoms with E-state index in [9.17, 15) is 4.79 Å². The minimum absolute atomic E-state index is 0.138. The largest absolute Gasteiger partial charge is 0.491 e. The third kappa shape index (κ3) is 3.36. The van der Waals surface area contributed by atoms with Crippen molar-refractivity contribution in [2.75, 3.05) is 18.5 Å². The van der Waals surface area contributed by atoms with Crippen molar-refractivity contribution in [3.05, 3.63) is 54.4 Å². The highest BCUT2D eigenvalue weighted by Crippen LogP contribution is 2.31. The molecule has 0 spiro atoms. The molecule has 4 rings (SSSR count). The molecule has 0 radical (unpaired) electrons. The van der Waals surface area contributed by atoms with Gasteiger partial charge in [0.1, 0.15) is 24.2 Å². The topological polar surface area (TPSA) is 81.1 Å². The Balaban J connectivity index is 1.69. The number of benzene rings is 2. The smallest absolute Gasteiger partial charge is 0.257 e. The molecule has 0 aliphatic carbocycles. The Morgan fingerprint density at radius 3 is 2.93 bits per heavy atom. The van der Waals surface area contributed by atoms with Crippen molar-refractivity contribution < 1.29 is 9.53 Å². The average Bonchev–Trinajstić information content (AvgIpc) is 3.08. The molecule has 0 fully saturated rings. The number of nitrogens with one attached hydrogen (secondary N) is 2. The first-order valence-corrected chi connectivity index (χ1v) is 8.94. The quantitative estimate of drug-likeness (QED) is 0.743. The molecule has 0 bridgehead atoms. The van der Waals surface area contributed by atoms with Gasteiger partial charge < -0.3 is 19.9 Å². The summed E-state index contributed by atoms with van der Waals surface area (Å²) in [6.45, 7) is 5.13. The maximum absolute atomic E-state index is 12.4. The predicted molar refractivity (Wildman–Crippen MR) is 103 cm³/mol. The summed E-state index contributed by atoms with van der Waals surface area (Å²) in [5, 5.41) is 14.5. The number of hydrogen-bond acceptors (Lipinski definition) is 5. The molecular weight excluding hydrogens is 342 g/mol. The van der Waals surface area contributed by atoms with Gasteiger partial charge in [-0.2, -0.15) is 0 Å². The summed E-state index contributed by atoms with van der Waals surface area (Å²) in [5.74, 6) is 1.26. The molecule has 2 heterocycles. The Labute approximate surface area is 157 Å². The van der Waals surface area contributed by atoms with Gasteiger partial charge in [-0.3, -0.25) is 4.79 Å². The number of carbonyl (C=O) groups is 1. The SMILES string of the molecule is CC(C)n1cnnc1-c1cccc(Nc2cccc3c2C(=O)NCCO3)c1. The monoisotopic (exact) mass is 363 g/mol. The second-order valence-electron chi connectivity index (χ2n) is 6.64. The lowest BCUT2D eigenvalue weighted by Crippen LogP contribution is -2.24. The van der Waals surface area contributed by atoms with E-state index in [4.69, 9.17) is 4.74 Å². The van der Waals surface area contributed by atoms with E-state index in [1.165, 1.54) is 0 Å². The molecule has 27 heavy (non-hydrogen) atoms. The molecule has 2 aromatic carbocycles. The van der Waals surface area contributed by atoms with Crippen molar-refractivity contribution in [2.24, 2.45) is 0 Å². The van der Waals surface area contributed by atoms with Gasteiger partial charge in [-0.1, -0.05) is 18.2 Å². The molecule has 0 saturated carbocycles. The Morgan fingerprint density at radius 2 is 2.07 bits per heavy atom. The van der Waals surface area contributed by atoms with Crippen LogP contribution < -0.4 is 15.4 Å². The van der Waals surface area contributed by atoms with Crippen LogP contribution in [-0.2, 0) is 0 Å². The average molecular weight is 363 g/mol. The van der Waals surface area contributed by atoms with E-state index in [0.717, 1.165) is 17.1 Å². The minimum atomic E-state index is -0.138. The highest BCUT2D eigenvalue weighted by Gasteiger charge is 2.20. The molecule has 1 aliphatic heterocycles. The number of ether oxygens (including phenoxy) is 1. The zero-order valence-corrected chi connectivity index (χ0v) is 15.3. The van der Waals surface area contributed by atoms with Crippen LogP contribution in [0.4, 0.5) is 11.4 Å². The Hall–Kier alpha value is -3.35. The molecule has 138 valence electrons. The number of aromatic nitrogens is 3. The summed E-state index contributed by atoms with van der Waals surface area (Å²) in [5.41, 5.74) is 3.03. The maximum atomic E-state index is 12.4. The lowest BCUT2D eigenvalue weighted by atomic mass is 10.1. The fourth-order valence-corrected chi connectivity index (χ4v) is 3.12. The van der Waals surface area contributed by atoms with E-state index in [1.54, 1.807) is 6.33 Å². The molecule has 1 aliphatic rings. The molecule has 0 atom stereocenters. The van der Waals surface area contributed by atoms with Gasteiger partial charge in [0.05, 0.1) is 12.2 Å². The van der Waals surface area contributed by atoms with Crippen LogP contribution in [-0.4, -0.2) is 33.8 Å². The summed E-state index contributed by atoms with van der Waals surface area (Å²) >= 11 is 0. The standard InChI is InChI=1S/C20H21N5O2/c1-13(2)25-12-22-24-19(25)14-5-3-6-15(11-14)23-16-7-4-8-17-18(16)20(26)21-9-10-27-17/h3-8,11-13,23H,9-10H2,1-2H3,(H,21,26). The van der Waals surface area contributed by atoms with E-state index in [-0.39, 0.29) is 11.9 Å². The molecule has 7 heteroatoms. The first-order valence-electron chi connectivity index (χ1n) is 8.94. The summed E-state index contributed by atoms with van der Waals surface area (Å²) in [7, 11) is 0. The van der Waals surface area contributed by atoms with Crippen LogP contribution in [0.3, 0.4) is 0 Å². The van der Waals surface area contributed by atoms with Crippen LogP contribution in [0, 0.1) is 0 Å². The third-order valence-corrected chi connectivity index (χ3v) is 4.43. The van der Waals surface area contributed by atoms with E-state index < -0.39 is 0 Å². The summed E-state index contributed by atoms with van der Waals surface area (Å²) < 4.78 is 7.70. The second kappa shape index (κ2) is 7.11. The molecule has 3 aromatic rings. The van der Waals surface area contributed by atoms with Crippen molar-refractivity contribution in [1.29, 1.82) is 0 Å². The zero-order valence-electron chi connectivity index (χ0n) is 15.3.